The number of nitrogens with zero attached hydrogens (tertiary/aromatic N) is 1. The van der Waals surface area contributed by atoms with E-state index in [0.29, 0.717) is 23.5 Å². The Morgan fingerprint density at radius 3 is 2.08 bits per heavy atom. The molecule has 0 bridgehead atoms. The molecule has 1 heterocycles. The zero-order chi connectivity index (χ0) is 17.6. The van der Waals surface area contributed by atoms with Crippen LogP contribution in [0.3, 0.4) is 0 Å². The van der Waals surface area contributed by atoms with Gasteiger partial charge in [0.25, 0.3) is 5.91 Å². The molecule has 6 nitrogen and oxygen atoms in total. The molecule has 3 rings (SSSR count). The van der Waals surface area contributed by atoms with Gasteiger partial charge in [0.2, 0.25) is 0 Å². The zero-order valence-electron chi connectivity index (χ0n) is 14.4. The van der Waals surface area contributed by atoms with Crippen molar-refractivity contribution in [2.24, 2.45) is 5.73 Å². The number of nitrogens with two attached hydrogens (primary N) is 1. The molecule has 0 saturated carbocycles. The van der Waals surface area contributed by atoms with E-state index in [-0.39, 0.29) is 24.3 Å². The van der Waals surface area contributed by atoms with E-state index in [4.69, 9.17) is 5.73 Å². The van der Waals surface area contributed by atoms with Gasteiger partial charge in [-0.05, 0) is 42.7 Å². The highest BCUT2D eigenvalue weighted by Gasteiger charge is 2.19. The summed E-state index contributed by atoms with van der Waals surface area (Å²) in [5, 5.41) is 5.74. The maximum atomic E-state index is 12.4. The molecule has 2 aromatic rings. The van der Waals surface area contributed by atoms with Gasteiger partial charge in [-0.1, -0.05) is 24.3 Å². The third kappa shape index (κ3) is 4.74. The summed E-state index contributed by atoms with van der Waals surface area (Å²) >= 11 is 0. The Morgan fingerprint density at radius 1 is 0.923 bits per heavy atom. The largest absolute Gasteiger partial charge is 0.326 e. The van der Waals surface area contributed by atoms with Gasteiger partial charge in [-0.25, -0.2) is 4.79 Å². The predicted octanol–water partition coefficient (Wildman–Crippen LogP) is 3.45. The Balaban J connectivity index is 0.00000243. The van der Waals surface area contributed by atoms with E-state index in [0.717, 1.165) is 31.5 Å². The summed E-state index contributed by atoms with van der Waals surface area (Å²) in [5.41, 5.74) is 8.24. The van der Waals surface area contributed by atoms with Gasteiger partial charge in [-0.3, -0.25) is 4.79 Å². The molecule has 138 valence electrons. The molecule has 0 aliphatic carbocycles. The number of benzene rings is 2. The minimum absolute atomic E-state index is 0. The van der Waals surface area contributed by atoms with Gasteiger partial charge < -0.3 is 21.3 Å². The van der Waals surface area contributed by atoms with Gasteiger partial charge in [0, 0.05) is 25.2 Å². The molecule has 0 radical (unpaired) electrons. The lowest BCUT2D eigenvalue weighted by Gasteiger charge is -2.18. The summed E-state index contributed by atoms with van der Waals surface area (Å²) in [4.78, 5) is 26.5. The van der Waals surface area contributed by atoms with E-state index in [1.165, 1.54) is 0 Å². The number of urea groups is 1. The molecule has 1 saturated heterocycles. The number of carbonyl (C=O) groups is 2. The van der Waals surface area contributed by atoms with Crippen LogP contribution in [-0.4, -0.2) is 29.9 Å². The third-order valence-electron chi connectivity index (χ3n) is 4.26. The molecular formula is C19H23ClN4O2. The lowest BCUT2D eigenvalue weighted by atomic mass is 10.1. The van der Waals surface area contributed by atoms with Crippen molar-refractivity contribution in [3.8, 4) is 0 Å². The molecule has 3 amide bonds. The van der Waals surface area contributed by atoms with Crippen molar-refractivity contribution in [3.63, 3.8) is 0 Å². The number of rotatable bonds is 4. The SMILES string of the molecule is Cl.NCc1ccc(C(=O)Nc2ccccc2NC(=O)N2CCCC2)cc1. The first-order chi connectivity index (χ1) is 12.2. The van der Waals surface area contributed by atoms with E-state index in [2.05, 4.69) is 10.6 Å². The van der Waals surface area contributed by atoms with E-state index >= 15 is 0 Å². The van der Waals surface area contributed by atoms with Crippen LogP contribution in [0.1, 0.15) is 28.8 Å². The number of halogens is 1. The van der Waals surface area contributed by atoms with Gasteiger partial charge in [-0.2, -0.15) is 0 Å². The van der Waals surface area contributed by atoms with Crippen LogP contribution >= 0.6 is 12.4 Å². The summed E-state index contributed by atoms with van der Waals surface area (Å²) < 4.78 is 0. The fourth-order valence-electron chi connectivity index (χ4n) is 2.80. The number of hydrogen-bond donors (Lipinski definition) is 3. The summed E-state index contributed by atoms with van der Waals surface area (Å²) in [6, 6.07) is 14.2. The summed E-state index contributed by atoms with van der Waals surface area (Å²) in [6.45, 7) is 1.98. The Bertz CT molecular complexity index is 758. The second-order valence-corrected chi connectivity index (χ2v) is 6.03. The zero-order valence-corrected chi connectivity index (χ0v) is 15.2. The van der Waals surface area contributed by atoms with Crippen LogP contribution in [-0.2, 0) is 6.54 Å². The molecule has 1 aliphatic rings. The molecular weight excluding hydrogens is 352 g/mol. The van der Waals surface area contributed by atoms with Crippen LogP contribution in [0.5, 0.6) is 0 Å². The summed E-state index contributed by atoms with van der Waals surface area (Å²) in [7, 11) is 0. The molecule has 1 fully saturated rings. The first kappa shape index (κ1) is 19.8. The van der Waals surface area contributed by atoms with Crippen molar-refractivity contribution in [2.75, 3.05) is 23.7 Å². The summed E-state index contributed by atoms with van der Waals surface area (Å²) in [5.74, 6) is -0.230. The smallest absolute Gasteiger partial charge is 0.321 e. The monoisotopic (exact) mass is 374 g/mol. The van der Waals surface area contributed by atoms with Crippen molar-refractivity contribution in [1.82, 2.24) is 4.90 Å². The average Bonchev–Trinajstić information content (AvgIpc) is 3.18. The second-order valence-electron chi connectivity index (χ2n) is 6.03. The number of amides is 3. The van der Waals surface area contributed by atoms with Gasteiger partial charge in [0.05, 0.1) is 11.4 Å². The van der Waals surface area contributed by atoms with Gasteiger partial charge in [-0.15, -0.1) is 12.4 Å². The van der Waals surface area contributed by atoms with Crippen LogP contribution in [0.15, 0.2) is 48.5 Å². The standard InChI is InChI=1S/C19H22N4O2.ClH/c20-13-14-7-9-15(10-8-14)18(24)21-16-5-1-2-6-17(16)22-19(25)23-11-3-4-12-23;/h1-2,5-10H,3-4,11-13,20H2,(H,21,24)(H,22,25);1H. The molecule has 7 heteroatoms. The second kappa shape index (κ2) is 9.22. The molecule has 26 heavy (non-hydrogen) atoms. The van der Waals surface area contributed by atoms with Crippen molar-refractivity contribution >= 4 is 35.7 Å². The minimum Gasteiger partial charge on any atom is -0.326 e. The van der Waals surface area contributed by atoms with E-state index < -0.39 is 0 Å². The van der Waals surface area contributed by atoms with Crippen LogP contribution in [0.4, 0.5) is 16.2 Å². The van der Waals surface area contributed by atoms with Crippen LogP contribution in [0, 0.1) is 0 Å². The normalized spacial score (nSPS) is 13.0. The highest BCUT2D eigenvalue weighted by atomic mass is 35.5. The quantitative estimate of drug-likeness (QED) is 0.765. The topological polar surface area (TPSA) is 87.5 Å². The lowest BCUT2D eigenvalue weighted by Crippen LogP contribution is -2.32. The van der Waals surface area contributed by atoms with Crippen LogP contribution < -0.4 is 16.4 Å². The van der Waals surface area contributed by atoms with Crippen LogP contribution in [0.25, 0.3) is 0 Å². The third-order valence-corrected chi connectivity index (χ3v) is 4.26. The van der Waals surface area contributed by atoms with E-state index in [1.54, 1.807) is 29.2 Å². The van der Waals surface area contributed by atoms with Crippen molar-refractivity contribution in [3.05, 3.63) is 59.7 Å². The van der Waals surface area contributed by atoms with Crippen molar-refractivity contribution < 1.29 is 9.59 Å². The number of anilines is 2. The number of carbonyl (C=O) groups excluding carboxylic acids is 2. The van der Waals surface area contributed by atoms with Gasteiger partial charge >= 0.3 is 6.03 Å². The van der Waals surface area contributed by atoms with Gasteiger partial charge in [0.1, 0.15) is 0 Å². The fraction of sp³-hybridized carbons (Fsp3) is 0.263. The molecule has 1 aliphatic heterocycles. The Hall–Kier alpha value is -2.57. The predicted molar refractivity (Wildman–Crippen MR) is 106 cm³/mol. The number of para-hydroxylation sites is 2. The van der Waals surface area contributed by atoms with Crippen LogP contribution in [0.2, 0.25) is 0 Å². The average molecular weight is 375 g/mol. The minimum atomic E-state index is -0.230. The Morgan fingerprint density at radius 2 is 1.50 bits per heavy atom. The first-order valence-corrected chi connectivity index (χ1v) is 8.42. The van der Waals surface area contributed by atoms with Gasteiger partial charge in [0.15, 0.2) is 0 Å². The molecule has 4 N–H and O–H groups in total. The number of likely N-dealkylation sites (tertiary alicyclic amines) is 1. The number of hydrogen-bond acceptors (Lipinski definition) is 3. The van der Waals surface area contributed by atoms with Crippen molar-refractivity contribution in [1.29, 1.82) is 0 Å². The van der Waals surface area contributed by atoms with E-state index in [9.17, 15) is 9.59 Å². The number of nitrogens with one attached hydrogen (secondary N) is 2. The maximum Gasteiger partial charge on any atom is 0.321 e. The Labute approximate surface area is 159 Å². The Kier molecular flexibility index (Phi) is 7.00. The lowest BCUT2D eigenvalue weighted by molar-refractivity contribution is 0.102. The molecule has 2 aromatic carbocycles. The van der Waals surface area contributed by atoms with E-state index in [1.807, 2.05) is 24.3 Å². The summed E-state index contributed by atoms with van der Waals surface area (Å²) in [6.07, 6.45) is 2.06. The molecule has 0 spiro atoms. The fourth-order valence-corrected chi connectivity index (χ4v) is 2.80. The van der Waals surface area contributed by atoms with Crippen molar-refractivity contribution in [2.45, 2.75) is 19.4 Å². The molecule has 0 unspecified atom stereocenters. The first-order valence-electron chi connectivity index (χ1n) is 8.42. The molecule has 0 atom stereocenters. The highest BCUT2D eigenvalue weighted by Crippen LogP contribution is 2.23. The molecule has 0 aromatic heterocycles. The maximum absolute atomic E-state index is 12.4. The highest BCUT2D eigenvalue weighted by molar-refractivity contribution is 6.07.